The van der Waals surface area contributed by atoms with Crippen LogP contribution in [-0.2, 0) is 12.7 Å². The summed E-state index contributed by atoms with van der Waals surface area (Å²) in [7, 11) is 0. The molecule has 0 aliphatic carbocycles. The maximum absolute atomic E-state index is 13.9. The van der Waals surface area contributed by atoms with Crippen LogP contribution in [0.3, 0.4) is 0 Å². The third-order valence-electron chi connectivity index (χ3n) is 4.12. The number of anilines is 1. The average Bonchev–Trinajstić information content (AvgIpc) is 2.59. The Labute approximate surface area is 160 Å². The van der Waals surface area contributed by atoms with Gasteiger partial charge in [0.25, 0.3) is 0 Å². The Morgan fingerprint density at radius 2 is 1.57 bits per heavy atom. The largest absolute Gasteiger partial charge is 0.457 e. The summed E-state index contributed by atoms with van der Waals surface area (Å²) in [6, 6.07) is 15.2. The molecular formula is C22H19F4NO. The molecule has 0 fully saturated rings. The van der Waals surface area contributed by atoms with Crippen molar-refractivity contribution in [3.8, 4) is 11.5 Å². The Morgan fingerprint density at radius 3 is 2.25 bits per heavy atom. The summed E-state index contributed by atoms with van der Waals surface area (Å²) < 4.78 is 58.2. The average molecular weight is 389 g/mol. The van der Waals surface area contributed by atoms with Gasteiger partial charge in [-0.15, -0.1) is 0 Å². The van der Waals surface area contributed by atoms with Gasteiger partial charge in [-0.2, -0.15) is 13.2 Å². The maximum atomic E-state index is 13.9. The van der Waals surface area contributed by atoms with E-state index in [9.17, 15) is 17.6 Å². The van der Waals surface area contributed by atoms with E-state index >= 15 is 0 Å². The van der Waals surface area contributed by atoms with Gasteiger partial charge in [-0.05, 0) is 67.4 Å². The van der Waals surface area contributed by atoms with Crippen LogP contribution in [0.5, 0.6) is 11.5 Å². The number of aryl methyl sites for hydroxylation is 2. The first kappa shape index (κ1) is 19.7. The predicted octanol–water partition coefficient (Wildman–Crippen LogP) is 6.87. The first-order valence-electron chi connectivity index (χ1n) is 8.66. The molecule has 146 valence electrons. The second-order valence-electron chi connectivity index (χ2n) is 6.61. The third-order valence-corrected chi connectivity index (χ3v) is 4.12. The molecule has 0 amide bonds. The molecule has 0 radical (unpaired) electrons. The van der Waals surface area contributed by atoms with Gasteiger partial charge >= 0.3 is 6.18 Å². The molecule has 0 unspecified atom stereocenters. The first-order chi connectivity index (χ1) is 13.2. The molecule has 0 aliphatic rings. The van der Waals surface area contributed by atoms with E-state index in [2.05, 4.69) is 5.32 Å². The smallest absolute Gasteiger partial charge is 0.416 e. The molecule has 3 aromatic rings. The highest BCUT2D eigenvalue weighted by Crippen LogP contribution is 2.31. The van der Waals surface area contributed by atoms with Crippen LogP contribution in [0.2, 0.25) is 0 Å². The molecule has 0 spiro atoms. The normalized spacial score (nSPS) is 11.4. The summed E-state index contributed by atoms with van der Waals surface area (Å²) in [5, 5.41) is 2.94. The van der Waals surface area contributed by atoms with E-state index in [-0.39, 0.29) is 12.1 Å². The number of hydrogen-bond donors (Lipinski definition) is 1. The Bertz CT molecular complexity index is 962. The Hall–Kier alpha value is -3.02. The van der Waals surface area contributed by atoms with Crippen molar-refractivity contribution in [3.05, 3.63) is 88.7 Å². The lowest BCUT2D eigenvalue weighted by Gasteiger charge is -2.13. The molecule has 6 heteroatoms. The fourth-order valence-corrected chi connectivity index (χ4v) is 2.88. The molecule has 0 bridgehead atoms. The van der Waals surface area contributed by atoms with Gasteiger partial charge in [0, 0.05) is 23.9 Å². The van der Waals surface area contributed by atoms with Gasteiger partial charge in [-0.1, -0.05) is 12.1 Å². The van der Waals surface area contributed by atoms with Gasteiger partial charge in [0.15, 0.2) is 0 Å². The van der Waals surface area contributed by atoms with E-state index in [0.717, 1.165) is 29.3 Å². The number of nitrogens with one attached hydrogen (secondary N) is 1. The van der Waals surface area contributed by atoms with Gasteiger partial charge in [0.1, 0.15) is 17.3 Å². The maximum Gasteiger partial charge on any atom is 0.416 e. The highest BCUT2D eigenvalue weighted by Gasteiger charge is 2.31. The summed E-state index contributed by atoms with van der Waals surface area (Å²) in [5.74, 6) is 0.571. The van der Waals surface area contributed by atoms with E-state index < -0.39 is 17.6 Å². The molecule has 1 N–H and O–H groups in total. The summed E-state index contributed by atoms with van der Waals surface area (Å²) in [6.07, 6.45) is -4.51. The van der Waals surface area contributed by atoms with Crippen molar-refractivity contribution in [2.45, 2.75) is 26.6 Å². The van der Waals surface area contributed by atoms with E-state index in [1.54, 1.807) is 24.3 Å². The summed E-state index contributed by atoms with van der Waals surface area (Å²) in [6.45, 7) is 3.87. The highest BCUT2D eigenvalue weighted by molar-refractivity contribution is 5.50. The number of hydrogen-bond acceptors (Lipinski definition) is 2. The number of rotatable bonds is 5. The van der Waals surface area contributed by atoms with Crippen LogP contribution in [0, 0.1) is 19.7 Å². The number of alkyl halides is 3. The summed E-state index contributed by atoms with van der Waals surface area (Å²) in [5.41, 5.74) is 1.82. The van der Waals surface area contributed by atoms with Gasteiger partial charge < -0.3 is 10.1 Å². The summed E-state index contributed by atoms with van der Waals surface area (Å²) >= 11 is 0. The van der Waals surface area contributed by atoms with Crippen molar-refractivity contribution in [1.82, 2.24) is 0 Å². The predicted molar refractivity (Wildman–Crippen MR) is 101 cm³/mol. The van der Waals surface area contributed by atoms with Crippen LogP contribution < -0.4 is 10.1 Å². The zero-order chi connectivity index (χ0) is 20.3. The number of ether oxygens (including phenoxy) is 1. The van der Waals surface area contributed by atoms with Gasteiger partial charge in [-0.3, -0.25) is 0 Å². The molecule has 0 atom stereocenters. The quantitative estimate of drug-likeness (QED) is 0.481. The van der Waals surface area contributed by atoms with E-state index in [1.807, 2.05) is 32.0 Å². The van der Waals surface area contributed by atoms with Gasteiger partial charge in [-0.25, -0.2) is 4.39 Å². The van der Waals surface area contributed by atoms with Crippen LogP contribution in [0.15, 0.2) is 60.7 Å². The molecule has 0 saturated carbocycles. The summed E-state index contributed by atoms with van der Waals surface area (Å²) in [4.78, 5) is 0. The van der Waals surface area contributed by atoms with E-state index in [1.165, 1.54) is 0 Å². The minimum absolute atomic E-state index is 0.0598. The molecule has 0 saturated heterocycles. The number of halogens is 4. The molecule has 3 aromatic carbocycles. The molecule has 2 nitrogen and oxygen atoms in total. The lowest BCUT2D eigenvalue weighted by molar-refractivity contribution is -0.137. The lowest BCUT2D eigenvalue weighted by atomic mass is 10.1. The van der Waals surface area contributed by atoms with Crippen LogP contribution in [0.4, 0.5) is 23.2 Å². The van der Waals surface area contributed by atoms with Crippen molar-refractivity contribution < 1.29 is 22.3 Å². The minimum atomic E-state index is -4.51. The SMILES string of the molecule is Cc1cc(C)cc(Oc2cccc(NCc3cc(C(F)(F)F)ccc3F)c2)c1. The minimum Gasteiger partial charge on any atom is -0.457 e. The van der Waals surface area contributed by atoms with Crippen LogP contribution in [-0.4, -0.2) is 0 Å². The van der Waals surface area contributed by atoms with Gasteiger partial charge in [0.05, 0.1) is 5.56 Å². The first-order valence-corrected chi connectivity index (χ1v) is 8.66. The fourth-order valence-electron chi connectivity index (χ4n) is 2.88. The third kappa shape index (κ3) is 5.03. The van der Waals surface area contributed by atoms with E-state index in [4.69, 9.17) is 4.74 Å². The van der Waals surface area contributed by atoms with Crippen molar-refractivity contribution >= 4 is 5.69 Å². The molecule has 3 rings (SSSR count). The monoisotopic (exact) mass is 389 g/mol. The second kappa shape index (κ2) is 7.92. The number of benzene rings is 3. The molecule has 0 aromatic heterocycles. The molecule has 0 aliphatic heterocycles. The van der Waals surface area contributed by atoms with E-state index in [0.29, 0.717) is 17.2 Å². The standard InChI is InChI=1S/C22H19F4NO/c1-14-8-15(2)10-20(9-14)28-19-5-3-4-18(12-19)27-13-16-11-17(22(24,25)26)6-7-21(16)23/h3-12,27H,13H2,1-2H3. The second-order valence-corrected chi connectivity index (χ2v) is 6.61. The Morgan fingerprint density at radius 1 is 0.857 bits per heavy atom. The van der Waals surface area contributed by atoms with Gasteiger partial charge in [0.2, 0.25) is 0 Å². The molecule has 0 heterocycles. The van der Waals surface area contributed by atoms with Crippen molar-refractivity contribution in [1.29, 1.82) is 0 Å². The van der Waals surface area contributed by atoms with Crippen molar-refractivity contribution in [2.24, 2.45) is 0 Å². The zero-order valence-corrected chi connectivity index (χ0v) is 15.4. The Balaban J connectivity index is 1.73. The van der Waals surface area contributed by atoms with Crippen LogP contribution in [0.25, 0.3) is 0 Å². The lowest BCUT2D eigenvalue weighted by Crippen LogP contribution is -2.08. The molecular weight excluding hydrogens is 370 g/mol. The topological polar surface area (TPSA) is 21.3 Å². The fraction of sp³-hybridized carbons (Fsp3) is 0.182. The van der Waals surface area contributed by atoms with Crippen LogP contribution in [0.1, 0.15) is 22.3 Å². The van der Waals surface area contributed by atoms with Crippen molar-refractivity contribution in [3.63, 3.8) is 0 Å². The zero-order valence-electron chi connectivity index (χ0n) is 15.4. The Kier molecular flexibility index (Phi) is 5.58. The highest BCUT2D eigenvalue weighted by atomic mass is 19.4. The van der Waals surface area contributed by atoms with Crippen LogP contribution >= 0.6 is 0 Å². The molecule has 28 heavy (non-hydrogen) atoms. The van der Waals surface area contributed by atoms with Crippen molar-refractivity contribution in [2.75, 3.05) is 5.32 Å².